The predicted molar refractivity (Wildman–Crippen MR) is 40.0 cm³/mol. The van der Waals surface area contributed by atoms with Crippen LogP contribution in [-0.2, 0) is 20.2 Å². The lowest BCUT2D eigenvalue weighted by atomic mass is 10.2. The van der Waals surface area contributed by atoms with Crippen LogP contribution in [-0.4, -0.2) is 43.4 Å². The van der Waals surface area contributed by atoms with Crippen LogP contribution in [0.5, 0.6) is 0 Å². The average molecular weight is 209 g/mol. The second kappa shape index (κ2) is 3.71. The van der Waals surface area contributed by atoms with Crippen molar-refractivity contribution in [3.05, 3.63) is 0 Å². The van der Waals surface area contributed by atoms with Crippen molar-refractivity contribution >= 4 is 23.3 Å². The zero-order valence-electron chi connectivity index (χ0n) is 6.37. The summed E-state index contributed by atoms with van der Waals surface area (Å²) >= 11 is -2.21. The van der Waals surface area contributed by atoms with Crippen LogP contribution in [0.3, 0.4) is 0 Å². The summed E-state index contributed by atoms with van der Waals surface area (Å²) in [6.07, 6.45) is -1.56. The number of carboxylic acid groups (broad SMARTS) is 2. The fourth-order valence-electron chi connectivity index (χ4n) is 0.930. The van der Waals surface area contributed by atoms with Crippen molar-refractivity contribution in [2.45, 2.75) is 12.5 Å². The molecule has 0 bridgehead atoms. The fourth-order valence-corrected chi connectivity index (χ4v) is 1.81. The van der Waals surface area contributed by atoms with Gasteiger partial charge in [0.1, 0.15) is 0 Å². The van der Waals surface area contributed by atoms with Crippen LogP contribution in [0, 0.1) is 0 Å². The summed E-state index contributed by atoms with van der Waals surface area (Å²) in [7, 11) is 0. The summed E-state index contributed by atoms with van der Waals surface area (Å²) < 4.78 is 15.7. The third kappa shape index (κ3) is 1.95. The van der Waals surface area contributed by atoms with E-state index in [9.17, 15) is 13.8 Å². The molecule has 0 radical (unpaired) electrons. The number of hydrogen-bond acceptors (Lipinski definition) is 4. The van der Waals surface area contributed by atoms with E-state index in [-0.39, 0.29) is 17.3 Å². The van der Waals surface area contributed by atoms with Gasteiger partial charge >= 0.3 is 12.1 Å². The van der Waals surface area contributed by atoms with Crippen LogP contribution in [0.25, 0.3) is 0 Å². The number of hydrogen-bond donors (Lipinski definition) is 2. The SMILES string of the molecule is O=C(O)[C@@H]1CCOS(=O)N1C(=O)O. The molecule has 0 aromatic rings. The first kappa shape index (κ1) is 9.93. The van der Waals surface area contributed by atoms with Gasteiger partial charge < -0.3 is 10.2 Å². The van der Waals surface area contributed by atoms with E-state index >= 15 is 0 Å². The number of nitrogens with zero attached hydrogens (tertiary/aromatic N) is 1. The molecule has 1 aliphatic heterocycles. The van der Waals surface area contributed by atoms with E-state index in [1.807, 2.05) is 0 Å². The highest BCUT2D eigenvalue weighted by Crippen LogP contribution is 2.15. The zero-order chi connectivity index (χ0) is 10.0. The van der Waals surface area contributed by atoms with Crippen LogP contribution >= 0.6 is 0 Å². The zero-order valence-corrected chi connectivity index (χ0v) is 7.19. The molecule has 1 saturated heterocycles. The largest absolute Gasteiger partial charge is 0.480 e. The van der Waals surface area contributed by atoms with E-state index in [1.165, 1.54) is 0 Å². The third-order valence-electron chi connectivity index (χ3n) is 1.49. The highest BCUT2D eigenvalue weighted by atomic mass is 32.2. The van der Waals surface area contributed by atoms with Gasteiger partial charge in [-0.05, 0) is 0 Å². The summed E-state index contributed by atoms with van der Waals surface area (Å²) in [5.74, 6) is -1.32. The van der Waals surface area contributed by atoms with Gasteiger partial charge in [-0.1, -0.05) is 0 Å². The minimum Gasteiger partial charge on any atom is -0.480 e. The lowest BCUT2D eigenvalue weighted by Gasteiger charge is -2.27. The van der Waals surface area contributed by atoms with E-state index in [0.29, 0.717) is 0 Å². The highest BCUT2D eigenvalue weighted by molar-refractivity contribution is 7.78. The van der Waals surface area contributed by atoms with Crippen molar-refractivity contribution in [3.63, 3.8) is 0 Å². The van der Waals surface area contributed by atoms with Crippen LogP contribution in [0.4, 0.5) is 4.79 Å². The van der Waals surface area contributed by atoms with Crippen molar-refractivity contribution in [2.75, 3.05) is 6.61 Å². The van der Waals surface area contributed by atoms with Crippen molar-refractivity contribution in [2.24, 2.45) is 0 Å². The van der Waals surface area contributed by atoms with Gasteiger partial charge in [-0.2, -0.15) is 4.31 Å². The lowest BCUT2D eigenvalue weighted by Crippen LogP contribution is -2.49. The summed E-state index contributed by atoms with van der Waals surface area (Å²) in [4.78, 5) is 21.0. The van der Waals surface area contributed by atoms with E-state index in [0.717, 1.165) is 0 Å². The van der Waals surface area contributed by atoms with Crippen LogP contribution in [0.2, 0.25) is 0 Å². The minimum absolute atomic E-state index is 0.00731. The van der Waals surface area contributed by atoms with Crippen molar-refractivity contribution in [1.29, 1.82) is 0 Å². The van der Waals surface area contributed by atoms with Gasteiger partial charge in [0.25, 0.3) is 11.3 Å². The topological polar surface area (TPSA) is 104 Å². The molecule has 1 amide bonds. The van der Waals surface area contributed by atoms with Crippen molar-refractivity contribution < 1.29 is 28.2 Å². The van der Waals surface area contributed by atoms with Crippen LogP contribution < -0.4 is 0 Å². The molecule has 13 heavy (non-hydrogen) atoms. The predicted octanol–water partition coefficient (Wildman–Crippen LogP) is -0.581. The fraction of sp³-hybridized carbons (Fsp3) is 0.600. The monoisotopic (exact) mass is 209 g/mol. The third-order valence-corrected chi connectivity index (χ3v) is 2.59. The Kier molecular flexibility index (Phi) is 2.83. The van der Waals surface area contributed by atoms with Gasteiger partial charge in [-0.25, -0.2) is 13.8 Å². The Labute approximate surface area is 75.7 Å². The van der Waals surface area contributed by atoms with Crippen LogP contribution in [0.15, 0.2) is 0 Å². The molecule has 74 valence electrons. The molecule has 0 aromatic heterocycles. The molecule has 0 saturated carbocycles. The smallest absolute Gasteiger partial charge is 0.421 e. The Bertz CT molecular complexity index is 266. The molecule has 2 atom stereocenters. The second-order valence-electron chi connectivity index (χ2n) is 2.29. The molecule has 0 aliphatic carbocycles. The van der Waals surface area contributed by atoms with E-state index in [1.54, 1.807) is 0 Å². The van der Waals surface area contributed by atoms with Gasteiger partial charge in [-0.15, -0.1) is 0 Å². The van der Waals surface area contributed by atoms with Gasteiger partial charge in [0.2, 0.25) is 0 Å². The quantitative estimate of drug-likeness (QED) is 0.598. The van der Waals surface area contributed by atoms with Crippen molar-refractivity contribution in [1.82, 2.24) is 4.31 Å². The Morgan fingerprint density at radius 1 is 1.46 bits per heavy atom. The highest BCUT2D eigenvalue weighted by Gasteiger charge is 2.38. The summed E-state index contributed by atoms with van der Waals surface area (Å²) in [5.41, 5.74) is 0. The molecular formula is C5H7NO6S. The molecule has 0 aromatic carbocycles. The second-order valence-corrected chi connectivity index (χ2v) is 3.35. The van der Waals surface area contributed by atoms with Gasteiger partial charge in [0.05, 0.1) is 6.61 Å². The van der Waals surface area contributed by atoms with Gasteiger partial charge in [-0.3, -0.25) is 4.18 Å². The van der Waals surface area contributed by atoms with Crippen LogP contribution in [0.1, 0.15) is 6.42 Å². The Hall–Kier alpha value is -1.15. The molecule has 1 aliphatic rings. The number of rotatable bonds is 1. The Morgan fingerprint density at radius 3 is 2.46 bits per heavy atom. The molecule has 1 rings (SSSR count). The van der Waals surface area contributed by atoms with E-state index in [4.69, 9.17) is 10.2 Å². The first-order valence-corrected chi connectivity index (χ1v) is 4.37. The number of carboxylic acids is 1. The molecule has 0 spiro atoms. The standard InChI is InChI=1S/C5H7NO6S/c7-4(8)3-1-2-12-13(11)6(3)5(9)10/h3H,1-2H2,(H,7,8)(H,9,10)/t3-,13?/m0/s1. The summed E-state index contributed by atoms with van der Waals surface area (Å²) in [6, 6.07) is -1.29. The normalized spacial score (nSPS) is 28.5. The Balaban J connectivity index is 2.86. The van der Waals surface area contributed by atoms with Gasteiger partial charge in [0.15, 0.2) is 6.04 Å². The van der Waals surface area contributed by atoms with Gasteiger partial charge in [0, 0.05) is 6.42 Å². The number of aliphatic carboxylic acids is 1. The summed E-state index contributed by atoms with van der Waals surface area (Å²) in [5, 5.41) is 17.1. The maximum absolute atomic E-state index is 10.9. The number of carbonyl (C=O) groups is 2. The van der Waals surface area contributed by atoms with E-state index < -0.39 is 29.4 Å². The maximum Gasteiger partial charge on any atom is 0.421 e. The van der Waals surface area contributed by atoms with Crippen molar-refractivity contribution in [3.8, 4) is 0 Å². The summed E-state index contributed by atoms with van der Waals surface area (Å²) in [6.45, 7) is -0.0205. The first-order valence-electron chi connectivity index (χ1n) is 3.34. The minimum atomic E-state index is -2.21. The van der Waals surface area contributed by atoms with E-state index in [2.05, 4.69) is 4.18 Å². The lowest BCUT2D eigenvalue weighted by molar-refractivity contribution is -0.142. The molecule has 7 nitrogen and oxygen atoms in total. The molecule has 1 unspecified atom stereocenters. The Morgan fingerprint density at radius 2 is 2.08 bits per heavy atom. The average Bonchev–Trinajstić information content (AvgIpc) is 2.02. The molecular weight excluding hydrogens is 202 g/mol. The molecule has 8 heteroatoms. The maximum atomic E-state index is 10.9. The molecule has 1 fully saturated rings. The number of amides is 1. The first-order chi connectivity index (χ1) is 6.04. The molecule has 1 heterocycles. The molecule has 2 N–H and O–H groups in total.